The number of fused-ring (bicyclic) bond motifs is 1. The summed E-state index contributed by atoms with van der Waals surface area (Å²) >= 11 is 0. The van der Waals surface area contributed by atoms with Crippen LogP contribution >= 0.6 is 0 Å². The van der Waals surface area contributed by atoms with Gasteiger partial charge in [-0.3, -0.25) is 4.90 Å². The summed E-state index contributed by atoms with van der Waals surface area (Å²) in [4.78, 5) is 2.86. The molecule has 1 aromatic rings. The fraction of sp³-hybridized carbons (Fsp3) is 0.667. The molecule has 1 aromatic carbocycles. The average molecular weight is 353 g/mol. The Bertz CT molecular complexity index is 675. The van der Waals surface area contributed by atoms with Crippen LogP contribution < -0.4 is 4.74 Å². The molecule has 2 aliphatic heterocycles. The second-order valence-electron chi connectivity index (χ2n) is 7.34. The van der Waals surface area contributed by atoms with Gasteiger partial charge >= 0.3 is 0 Å². The highest BCUT2D eigenvalue weighted by Gasteiger charge is 2.44. The van der Waals surface area contributed by atoms with Crippen molar-refractivity contribution < 1.29 is 13.2 Å². The monoisotopic (exact) mass is 352 g/mol. The molecule has 6 heteroatoms. The molecule has 24 heavy (non-hydrogen) atoms. The Morgan fingerprint density at radius 2 is 2.08 bits per heavy atom. The van der Waals surface area contributed by atoms with Crippen LogP contribution in [0.3, 0.4) is 0 Å². The number of nitrogens with zero attached hydrogens (tertiary/aromatic N) is 2. The Hall–Kier alpha value is -1.11. The summed E-state index contributed by atoms with van der Waals surface area (Å²) in [5.41, 5.74) is 0. The van der Waals surface area contributed by atoms with Crippen molar-refractivity contribution in [3.05, 3.63) is 24.3 Å². The number of hydrogen-bond acceptors (Lipinski definition) is 4. The van der Waals surface area contributed by atoms with E-state index in [1.54, 1.807) is 35.7 Å². The zero-order valence-electron chi connectivity index (χ0n) is 14.8. The predicted octanol–water partition coefficient (Wildman–Crippen LogP) is 2.44. The highest BCUT2D eigenvalue weighted by molar-refractivity contribution is 7.89. The van der Waals surface area contributed by atoms with E-state index in [2.05, 4.69) is 18.7 Å². The smallest absolute Gasteiger partial charge is 0.243 e. The average Bonchev–Trinajstić information content (AvgIpc) is 2.55. The van der Waals surface area contributed by atoms with E-state index in [4.69, 9.17) is 4.74 Å². The molecule has 0 saturated carbocycles. The fourth-order valence-corrected chi connectivity index (χ4v) is 5.30. The Balaban J connectivity index is 1.64. The van der Waals surface area contributed by atoms with Crippen LogP contribution in [0.5, 0.6) is 5.75 Å². The first-order valence-electron chi connectivity index (χ1n) is 8.80. The first-order valence-corrected chi connectivity index (χ1v) is 10.2. The molecule has 5 nitrogen and oxygen atoms in total. The maximum absolute atomic E-state index is 12.9. The minimum Gasteiger partial charge on any atom is -0.497 e. The van der Waals surface area contributed by atoms with Gasteiger partial charge in [0.15, 0.2) is 0 Å². The van der Waals surface area contributed by atoms with Crippen molar-refractivity contribution in [2.24, 2.45) is 11.8 Å². The minimum atomic E-state index is -3.43. The van der Waals surface area contributed by atoms with Crippen LogP contribution in [0.4, 0.5) is 0 Å². The van der Waals surface area contributed by atoms with Gasteiger partial charge in [-0.05, 0) is 37.4 Å². The number of methoxy groups -OCH3 is 1. The molecule has 0 N–H and O–H groups in total. The summed E-state index contributed by atoms with van der Waals surface area (Å²) < 4.78 is 32.6. The van der Waals surface area contributed by atoms with Crippen molar-refractivity contribution in [3.63, 3.8) is 0 Å². The van der Waals surface area contributed by atoms with E-state index >= 15 is 0 Å². The number of rotatable bonds is 6. The van der Waals surface area contributed by atoms with Gasteiger partial charge in [0, 0.05) is 37.7 Å². The summed E-state index contributed by atoms with van der Waals surface area (Å²) in [6, 6.07) is 7.33. The number of likely N-dealkylation sites (tertiary alicyclic amines) is 1. The van der Waals surface area contributed by atoms with E-state index < -0.39 is 10.0 Å². The van der Waals surface area contributed by atoms with Crippen LogP contribution in [-0.2, 0) is 10.0 Å². The van der Waals surface area contributed by atoms with E-state index in [1.807, 2.05) is 0 Å². The lowest BCUT2D eigenvalue weighted by atomic mass is 9.83. The van der Waals surface area contributed by atoms with Gasteiger partial charge in [0.05, 0.1) is 12.0 Å². The molecule has 0 aliphatic carbocycles. The quantitative estimate of drug-likeness (QED) is 0.789. The van der Waals surface area contributed by atoms with Gasteiger partial charge in [0.2, 0.25) is 10.0 Å². The summed E-state index contributed by atoms with van der Waals surface area (Å²) in [7, 11) is -1.87. The van der Waals surface area contributed by atoms with E-state index in [9.17, 15) is 8.42 Å². The molecule has 2 heterocycles. The summed E-state index contributed by atoms with van der Waals surface area (Å²) in [5, 5.41) is 0. The van der Waals surface area contributed by atoms with Gasteiger partial charge in [-0.15, -0.1) is 0 Å². The Kier molecular flexibility index (Phi) is 5.18. The number of benzene rings is 1. The lowest BCUT2D eigenvalue weighted by Crippen LogP contribution is -2.64. The molecular formula is C18H28N2O3S. The van der Waals surface area contributed by atoms with Gasteiger partial charge < -0.3 is 4.74 Å². The first kappa shape index (κ1) is 17.7. The molecule has 2 atom stereocenters. The van der Waals surface area contributed by atoms with Crippen molar-refractivity contribution in [2.45, 2.75) is 37.6 Å². The normalized spacial score (nSPS) is 25.3. The predicted molar refractivity (Wildman–Crippen MR) is 94.7 cm³/mol. The second-order valence-corrected chi connectivity index (χ2v) is 9.27. The molecular weight excluding hydrogens is 324 g/mol. The molecule has 2 fully saturated rings. The molecule has 0 spiro atoms. The summed E-state index contributed by atoms with van der Waals surface area (Å²) in [6.07, 6.45) is 2.15. The fourth-order valence-electron chi connectivity index (χ4n) is 3.76. The van der Waals surface area contributed by atoms with E-state index in [0.717, 1.165) is 25.4 Å². The molecule has 3 rings (SSSR count). The number of piperidine rings is 1. The first-order chi connectivity index (χ1) is 11.4. The van der Waals surface area contributed by atoms with Crippen LogP contribution in [0, 0.1) is 11.8 Å². The van der Waals surface area contributed by atoms with Crippen LogP contribution in [0.25, 0.3) is 0 Å². The maximum atomic E-state index is 12.9. The minimum absolute atomic E-state index is 0.330. The SMILES string of the molecule is COc1cccc(S(=O)(=O)N2CC[C@@H]3[C@@H](CN3CCC(C)C)C2)c1. The Morgan fingerprint density at radius 3 is 2.75 bits per heavy atom. The molecule has 0 aromatic heterocycles. The van der Waals surface area contributed by atoms with Gasteiger partial charge in [-0.2, -0.15) is 4.31 Å². The van der Waals surface area contributed by atoms with Crippen LogP contribution in [0.2, 0.25) is 0 Å². The molecule has 0 amide bonds. The van der Waals surface area contributed by atoms with E-state index in [0.29, 0.717) is 35.7 Å². The van der Waals surface area contributed by atoms with Gasteiger partial charge in [0.25, 0.3) is 0 Å². The van der Waals surface area contributed by atoms with Crippen molar-refractivity contribution in [1.29, 1.82) is 0 Å². The molecule has 0 radical (unpaired) electrons. The largest absolute Gasteiger partial charge is 0.497 e. The Morgan fingerprint density at radius 1 is 1.29 bits per heavy atom. The standard InChI is InChI=1S/C18H28N2O3S/c1-14(2)7-9-19-12-15-13-20(10-8-18(15)19)24(21,22)17-6-4-5-16(11-17)23-3/h4-6,11,14-15,18H,7-10,12-13H2,1-3H3/t15-,18+/m0/s1. The third kappa shape index (κ3) is 3.46. The number of sulfonamides is 1. The zero-order chi connectivity index (χ0) is 17.3. The van der Waals surface area contributed by atoms with E-state index in [-0.39, 0.29) is 0 Å². The van der Waals surface area contributed by atoms with Gasteiger partial charge in [-0.1, -0.05) is 19.9 Å². The number of hydrogen-bond donors (Lipinski definition) is 0. The molecule has 0 bridgehead atoms. The second kappa shape index (κ2) is 7.02. The maximum Gasteiger partial charge on any atom is 0.243 e. The molecule has 0 unspecified atom stereocenters. The lowest BCUT2D eigenvalue weighted by molar-refractivity contribution is -0.0266. The topological polar surface area (TPSA) is 49.9 Å². The van der Waals surface area contributed by atoms with Crippen LogP contribution in [0.15, 0.2) is 29.2 Å². The van der Waals surface area contributed by atoms with Crippen molar-refractivity contribution in [2.75, 3.05) is 33.3 Å². The van der Waals surface area contributed by atoms with Crippen LogP contribution in [0.1, 0.15) is 26.7 Å². The van der Waals surface area contributed by atoms with E-state index in [1.165, 1.54) is 6.42 Å². The molecule has 2 saturated heterocycles. The zero-order valence-corrected chi connectivity index (χ0v) is 15.6. The highest BCUT2D eigenvalue weighted by atomic mass is 32.2. The van der Waals surface area contributed by atoms with Crippen molar-refractivity contribution in [1.82, 2.24) is 9.21 Å². The lowest BCUT2D eigenvalue weighted by Gasteiger charge is -2.53. The highest BCUT2D eigenvalue weighted by Crippen LogP contribution is 2.35. The van der Waals surface area contributed by atoms with Crippen molar-refractivity contribution >= 4 is 10.0 Å². The summed E-state index contributed by atoms with van der Waals surface area (Å²) in [6.45, 7) is 7.92. The number of ether oxygens (including phenoxy) is 1. The van der Waals surface area contributed by atoms with Gasteiger partial charge in [-0.25, -0.2) is 8.42 Å². The van der Waals surface area contributed by atoms with Gasteiger partial charge in [0.1, 0.15) is 5.75 Å². The third-order valence-corrected chi connectivity index (χ3v) is 7.13. The third-order valence-electron chi connectivity index (χ3n) is 5.27. The van der Waals surface area contributed by atoms with Crippen molar-refractivity contribution in [3.8, 4) is 5.75 Å². The molecule has 134 valence electrons. The Labute approximate surface area is 145 Å². The molecule has 2 aliphatic rings. The summed E-state index contributed by atoms with van der Waals surface area (Å²) in [5.74, 6) is 1.78. The van der Waals surface area contributed by atoms with Crippen LogP contribution in [-0.4, -0.2) is 57.0 Å².